The molecule has 1 saturated carbocycles. The Balaban J connectivity index is 1.58. The number of fused-ring (bicyclic) bond motifs is 3. The molecule has 2 aliphatic carbocycles. The molecule has 1 fully saturated rings. The van der Waals surface area contributed by atoms with Crippen LogP contribution in [0.5, 0.6) is 11.5 Å². The van der Waals surface area contributed by atoms with E-state index >= 15 is 0 Å². The molecule has 1 aromatic carbocycles. The normalized spacial score (nSPS) is 24.1. The topological polar surface area (TPSA) is 58.6 Å². The van der Waals surface area contributed by atoms with Crippen LogP contribution in [0.4, 0.5) is 0 Å². The maximum Gasteiger partial charge on any atom is 0.247 e. The Morgan fingerprint density at radius 2 is 1.91 bits per heavy atom. The van der Waals surface area contributed by atoms with Crippen LogP contribution in [-0.4, -0.2) is 22.7 Å². The van der Waals surface area contributed by atoms with Crippen molar-refractivity contribution < 1.29 is 14.6 Å². The number of carbonyl (C=O) groups is 1. The summed E-state index contributed by atoms with van der Waals surface area (Å²) in [4.78, 5) is 13.0. The molecule has 0 saturated heterocycles. The van der Waals surface area contributed by atoms with E-state index in [9.17, 15) is 9.90 Å². The zero-order chi connectivity index (χ0) is 24.5. The van der Waals surface area contributed by atoms with Crippen molar-refractivity contribution in [2.75, 3.05) is 0 Å². The van der Waals surface area contributed by atoms with E-state index in [1.807, 2.05) is 6.07 Å². The molecule has 2 N–H and O–H groups in total. The second kappa shape index (κ2) is 9.95. The molecular formula is C30H45NO3. The van der Waals surface area contributed by atoms with Gasteiger partial charge in [0.15, 0.2) is 0 Å². The molecule has 4 heteroatoms. The van der Waals surface area contributed by atoms with Crippen LogP contribution in [0.1, 0.15) is 122 Å². The van der Waals surface area contributed by atoms with Gasteiger partial charge in [0.1, 0.15) is 17.1 Å². The third-order valence-electron chi connectivity index (χ3n) is 8.72. The van der Waals surface area contributed by atoms with Gasteiger partial charge in [-0.2, -0.15) is 0 Å². The van der Waals surface area contributed by atoms with Gasteiger partial charge in [-0.15, -0.1) is 0 Å². The second-order valence-electron chi connectivity index (χ2n) is 12.1. The van der Waals surface area contributed by atoms with Gasteiger partial charge in [0, 0.05) is 29.0 Å². The molecule has 0 aromatic heterocycles. The standard InChI is InChI=1S/C30H45NO3/c1-6-7-8-11-16-29(2,3)21-18-25(32)27-23-17-20(28(33)31-22-12-9-10-13-22)14-15-24(23)30(4,5)34-26(27)19-21/h14,18-19,22-24,32H,6-13,15-17H2,1-5H3,(H,31,33)/t23-,24-/m1/s1. The summed E-state index contributed by atoms with van der Waals surface area (Å²) >= 11 is 0. The maximum absolute atomic E-state index is 13.0. The number of unbranched alkanes of at least 4 members (excludes halogenated alkanes) is 3. The quantitative estimate of drug-likeness (QED) is 0.395. The Morgan fingerprint density at radius 1 is 1.18 bits per heavy atom. The summed E-state index contributed by atoms with van der Waals surface area (Å²) in [5, 5.41) is 14.5. The van der Waals surface area contributed by atoms with Crippen LogP contribution in [0, 0.1) is 5.92 Å². The largest absolute Gasteiger partial charge is 0.508 e. The number of benzene rings is 1. The first-order chi connectivity index (χ1) is 16.1. The molecule has 1 heterocycles. The summed E-state index contributed by atoms with van der Waals surface area (Å²) in [6.07, 6.45) is 14.2. The molecule has 4 rings (SSSR count). The van der Waals surface area contributed by atoms with Gasteiger partial charge in [0.05, 0.1) is 0 Å². The molecule has 2 atom stereocenters. The minimum absolute atomic E-state index is 0.0244. The fourth-order valence-electron chi connectivity index (χ4n) is 6.46. The average molecular weight is 468 g/mol. The summed E-state index contributed by atoms with van der Waals surface area (Å²) < 4.78 is 6.56. The van der Waals surface area contributed by atoms with Gasteiger partial charge in [-0.1, -0.05) is 65.4 Å². The van der Waals surface area contributed by atoms with E-state index in [-0.39, 0.29) is 28.8 Å². The van der Waals surface area contributed by atoms with Crippen molar-refractivity contribution in [3.63, 3.8) is 0 Å². The lowest BCUT2D eigenvalue weighted by Crippen LogP contribution is -2.46. The van der Waals surface area contributed by atoms with Gasteiger partial charge in [-0.05, 0) is 69.1 Å². The van der Waals surface area contributed by atoms with E-state index < -0.39 is 0 Å². The summed E-state index contributed by atoms with van der Waals surface area (Å²) in [5.74, 6) is 1.55. The highest BCUT2D eigenvalue weighted by molar-refractivity contribution is 5.94. The molecule has 188 valence electrons. The van der Waals surface area contributed by atoms with Crippen LogP contribution in [0.15, 0.2) is 23.8 Å². The van der Waals surface area contributed by atoms with Crippen molar-refractivity contribution >= 4 is 5.91 Å². The van der Waals surface area contributed by atoms with Crippen molar-refractivity contribution in [2.24, 2.45) is 5.92 Å². The van der Waals surface area contributed by atoms with E-state index in [1.165, 1.54) is 38.5 Å². The predicted octanol–water partition coefficient (Wildman–Crippen LogP) is 7.29. The number of allylic oxidation sites excluding steroid dienone is 1. The van der Waals surface area contributed by atoms with Crippen LogP contribution in [0.25, 0.3) is 0 Å². The Morgan fingerprint density at radius 3 is 2.62 bits per heavy atom. The Labute approximate surface area is 206 Å². The number of nitrogens with one attached hydrogen (secondary N) is 1. The molecule has 4 nitrogen and oxygen atoms in total. The molecule has 0 bridgehead atoms. The molecule has 0 spiro atoms. The van der Waals surface area contributed by atoms with E-state index in [4.69, 9.17) is 4.74 Å². The van der Waals surface area contributed by atoms with E-state index in [0.29, 0.717) is 18.2 Å². The van der Waals surface area contributed by atoms with Gasteiger partial charge in [-0.3, -0.25) is 4.79 Å². The molecule has 0 unspecified atom stereocenters. The predicted molar refractivity (Wildman–Crippen MR) is 139 cm³/mol. The molecule has 0 radical (unpaired) electrons. The number of rotatable bonds is 8. The minimum Gasteiger partial charge on any atom is -0.508 e. The van der Waals surface area contributed by atoms with Crippen LogP contribution in [-0.2, 0) is 10.2 Å². The van der Waals surface area contributed by atoms with Gasteiger partial charge in [0.25, 0.3) is 0 Å². The van der Waals surface area contributed by atoms with Crippen LogP contribution < -0.4 is 10.1 Å². The molecule has 3 aliphatic rings. The van der Waals surface area contributed by atoms with Crippen LogP contribution in [0.3, 0.4) is 0 Å². The number of phenolic OH excluding ortho intramolecular Hbond substituents is 1. The SMILES string of the molecule is CCCCCCC(C)(C)c1cc(O)c2c(c1)OC(C)(C)[C@@H]1CC=C(C(=O)NC3CCCC3)C[C@@H]21. The van der Waals surface area contributed by atoms with E-state index in [0.717, 1.165) is 48.1 Å². The van der Waals surface area contributed by atoms with Gasteiger partial charge in [0.2, 0.25) is 5.91 Å². The van der Waals surface area contributed by atoms with Gasteiger partial charge >= 0.3 is 0 Å². The van der Waals surface area contributed by atoms with E-state index in [2.05, 4.69) is 52.1 Å². The van der Waals surface area contributed by atoms with Crippen molar-refractivity contribution in [2.45, 2.75) is 128 Å². The fourth-order valence-corrected chi connectivity index (χ4v) is 6.46. The number of phenols is 1. The number of carbonyl (C=O) groups excluding carboxylic acids is 1. The lowest BCUT2D eigenvalue weighted by Gasteiger charge is -2.47. The zero-order valence-corrected chi connectivity index (χ0v) is 22.0. The molecule has 34 heavy (non-hydrogen) atoms. The first-order valence-electron chi connectivity index (χ1n) is 13.7. The lowest BCUT2D eigenvalue weighted by atomic mass is 9.66. The number of amides is 1. The van der Waals surface area contributed by atoms with Crippen molar-refractivity contribution in [3.8, 4) is 11.5 Å². The summed E-state index contributed by atoms with van der Waals surface area (Å²) in [6, 6.07) is 4.46. The number of hydrogen-bond acceptors (Lipinski definition) is 3. The molecule has 1 aliphatic heterocycles. The van der Waals surface area contributed by atoms with Crippen LogP contribution in [0.2, 0.25) is 0 Å². The molecular weight excluding hydrogens is 422 g/mol. The maximum atomic E-state index is 13.0. The van der Waals surface area contributed by atoms with Crippen molar-refractivity contribution in [3.05, 3.63) is 34.9 Å². The monoisotopic (exact) mass is 467 g/mol. The highest BCUT2D eigenvalue weighted by Gasteiger charge is 2.47. The first kappa shape index (κ1) is 25.1. The highest BCUT2D eigenvalue weighted by Crippen LogP contribution is 2.55. The Hall–Kier alpha value is -1.97. The first-order valence-corrected chi connectivity index (χ1v) is 13.7. The zero-order valence-electron chi connectivity index (χ0n) is 22.0. The van der Waals surface area contributed by atoms with E-state index in [1.54, 1.807) is 0 Å². The lowest BCUT2D eigenvalue weighted by molar-refractivity contribution is -0.118. The number of hydrogen-bond donors (Lipinski definition) is 2. The highest BCUT2D eigenvalue weighted by atomic mass is 16.5. The average Bonchev–Trinajstić information content (AvgIpc) is 3.28. The third kappa shape index (κ3) is 5.16. The molecule has 1 aromatic rings. The minimum atomic E-state index is -0.349. The number of ether oxygens (including phenoxy) is 1. The summed E-state index contributed by atoms with van der Waals surface area (Å²) in [5.41, 5.74) is 2.53. The summed E-state index contributed by atoms with van der Waals surface area (Å²) in [6.45, 7) is 11.1. The smallest absolute Gasteiger partial charge is 0.247 e. The summed E-state index contributed by atoms with van der Waals surface area (Å²) in [7, 11) is 0. The van der Waals surface area contributed by atoms with Gasteiger partial charge < -0.3 is 15.2 Å². The Kier molecular flexibility index (Phi) is 7.36. The third-order valence-corrected chi connectivity index (χ3v) is 8.72. The second-order valence-corrected chi connectivity index (χ2v) is 12.1. The van der Waals surface area contributed by atoms with Crippen molar-refractivity contribution in [1.82, 2.24) is 5.32 Å². The number of aromatic hydroxyl groups is 1. The van der Waals surface area contributed by atoms with Crippen LogP contribution >= 0.6 is 0 Å². The molecule has 1 amide bonds. The van der Waals surface area contributed by atoms with Gasteiger partial charge in [-0.25, -0.2) is 0 Å². The van der Waals surface area contributed by atoms with Crippen molar-refractivity contribution in [1.29, 1.82) is 0 Å². The fraction of sp³-hybridized carbons (Fsp3) is 0.700. The Bertz CT molecular complexity index is 923.